The first-order chi connectivity index (χ1) is 8.99. The Morgan fingerprint density at radius 2 is 2.11 bits per heavy atom. The SMILES string of the molecule is Cc1cc(C(=O)Nc2cccnc2C(=O)O)c(C)s1. The molecule has 0 bridgehead atoms. The van der Waals surface area contributed by atoms with Gasteiger partial charge < -0.3 is 10.4 Å². The van der Waals surface area contributed by atoms with Gasteiger partial charge in [0.05, 0.1) is 11.3 Å². The Morgan fingerprint density at radius 1 is 1.37 bits per heavy atom. The van der Waals surface area contributed by atoms with Crippen LogP contribution in [0, 0.1) is 13.8 Å². The van der Waals surface area contributed by atoms with Crippen molar-refractivity contribution in [2.75, 3.05) is 5.32 Å². The molecule has 2 N–H and O–H groups in total. The highest BCUT2D eigenvalue weighted by Crippen LogP contribution is 2.22. The summed E-state index contributed by atoms with van der Waals surface area (Å²) < 4.78 is 0. The van der Waals surface area contributed by atoms with Gasteiger partial charge in [-0.15, -0.1) is 11.3 Å². The van der Waals surface area contributed by atoms with Crippen LogP contribution in [-0.2, 0) is 0 Å². The molecule has 0 aliphatic carbocycles. The zero-order chi connectivity index (χ0) is 14.0. The first-order valence-electron chi connectivity index (χ1n) is 5.55. The quantitative estimate of drug-likeness (QED) is 0.903. The van der Waals surface area contributed by atoms with Gasteiger partial charge in [-0.05, 0) is 32.0 Å². The molecule has 0 aliphatic rings. The molecule has 0 saturated heterocycles. The molecule has 1 amide bonds. The highest BCUT2D eigenvalue weighted by Gasteiger charge is 2.16. The number of thiophene rings is 1. The number of aromatic carboxylic acids is 1. The molecular weight excluding hydrogens is 264 g/mol. The van der Waals surface area contributed by atoms with Crippen LogP contribution in [0.25, 0.3) is 0 Å². The van der Waals surface area contributed by atoms with Crippen molar-refractivity contribution in [3.63, 3.8) is 0 Å². The zero-order valence-electron chi connectivity index (χ0n) is 10.4. The Morgan fingerprint density at radius 3 is 2.68 bits per heavy atom. The fraction of sp³-hybridized carbons (Fsp3) is 0.154. The van der Waals surface area contributed by atoms with E-state index in [1.165, 1.54) is 23.6 Å². The first-order valence-corrected chi connectivity index (χ1v) is 6.37. The second-order valence-electron chi connectivity index (χ2n) is 3.99. The van der Waals surface area contributed by atoms with E-state index in [1.807, 2.05) is 13.8 Å². The van der Waals surface area contributed by atoms with Crippen molar-refractivity contribution < 1.29 is 14.7 Å². The molecule has 0 aliphatic heterocycles. The molecule has 0 aromatic carbocycles. The van der Waals surface area contributed by atoms with Gasteiger partial charge in [-0.2, -0.15) is 0 Å². The monoisotopic (exact) mass is 276 g/mol. The van der Waals surface area contributed by atoms with Gasteiger partial charge in [0.2, 0.25) is 0 Å². The lowest BCUT2D eigenvalue weighted by Gasteiger charge is -2.06. The molecule has 2 rings (SSSR count). The van der Waals surface area contributed by atoms with E-state index >= 15 is 0 Å². The average Bonchev–Trinajstić information content (AvgIpc) is 2.69. The minimum absolute atomic E-state index is 0.166. The number of amides is 1. The highest BCUT2D eigenvalue weighted by atomic mass is 32.1. The maximum atomic E-state index is 12.1. The van der Waals surface area contributed by atoms with Gasteiger partial charge in [-0.25, -0.2) is 9.78 Å². The number of aromatic nitrogens is 1. The lowest BCUT2D eigenvalue weighted by atomic mass is 10.2. The van der Waals surface area contributed by atoms with Crippen molar-refractivity contribution in [1.29, 1.82) is 0 Å². The van der Waals surface area contributed by atoms with Crippen molar-refractivity contribution in [3.8, 4) is 0 Å². The zero-order valence-corrected chi connectivity index (χ0v) is 11.2. The van der Waals surface area contributed by atoms with Gasteiger partial charge in [0.15, 0.2) is 5.69 Å². The minimum atomic E-state index is -1.17. The summed E-state index contributed by atoms with van der Waals surface area (Å²) in [6.45, 7) is 3.77. The molecule has 2 aromatic rings. The number of aryl methyl sites for hydroxylation is 2. The Labute approximate surface area is 113 Å². The third kappa shape index (κ3) is 2.79. The summed E-state index contributed by atoms with van der Waals surface area (Å²) >= 11 is 1.53. The molecule has 0 radical (unpaired) electrons. The highest BCUT2D eigenvalue weighted by molar-refractivity contribution is 7.12. The number of rotatable bonds is 3. The van der Waals surface area contributed by atoms with E-state index in [4.69, 9.17) is 5.11 Å². The number of carboxylic acid groups (broad SMARTS) is 1. The average molecular weight is 276 g/mol. The molecule has 0 atom stereocenters. The fourth-order valence-corrected chi connectivity index (χ4v) is 2.64. The summed E-state index contributed by atoms with van der Waals surface area (Å²) in [7, 11) is 0. The van der Waals surface area contributed by atoms with E-state index in [2.05, 4.69) is 10.3 Å². The van der Waals surface area contributed by atoms with Gasteiger partial charge in [0.1, 0.15) is 0 Å². The second-order valence-corrected chi connectivity index (χ2v) is 5.45. The third-order valence-electron chi connectivity index (χ3n) is 2.54. The van der Waals surface area contributed by atoms with E-state index in [-0.39, 0.29) is 17.3 Å². The Balaban J connectivity index is 2.29. The van der Waals surface area contributed by atoms with E-state index in [9.17, 15) is 9.59 Å². The number of nitrogens with zero attached hydrogens (tertiary/aromatic N) is 1. The van der Waals surface area contributed by atoms with Gasteiger partial charge in [-0.1, -0.05) is 0 Å². The maximum absolute atomic E-state index is 12.1. The molecule has 19 heavy (non-hydrogen) atoms. The van der Waals surface area contributed by atoms with E-state index < -0.39 is 5.97 Å². The van der Waals surface area contributed by atoms with Gasteiger partial charge in [-0.3, -0.25) is 4.79 Å². The molecule has 0 fully saturated rings. The summed E-state index contributed by atoms with van der Waals surface area (Å²) in [6, 6.07) is 4.88. The largest absolute Gasteiger partial charge is 0.476 e. The molecule has 2 aromatic heterocycles. The lowest BCUT2D eigenvalue weighted by Crippen LogP contribution is -2.15. The van der Waals surface area contributed by atoms with Crippen LogP contribution >= 0.6 is 11.3 Å². The van der Waals surface area contributed by atoms with Crippen LogP contribution in [0.15, 0.2) is 24.4 Å². The summed E-state index contributed by atoms with van der Waals surface area (Å²) in [5.41, 5.74) is 0.589. The van der Waals surface area contributed by atoms with Crippen molar-refractivity contribution in [2.24, 2.45) is 0 Å². The summed E-state index contributed by atoms with van der Waals surface area (Å²) in [5, 5.41) is 11.6. The van der Waals surface area contributed by atoms with Crippen LogP contribution in [0.1, 0.15) is 30.6 Å². The van der Waals surface area contributed by atoms with E-state index in [0.717, 1.165) is 9.75 Å². The molecule has 5 nitrogen and oxygen atoms in total. The van der Waals surface area contributed by atoms with Crippen LogP contribution in [0.2, 0.25) is 0 Å². The predicted molar refractivity (Wildman–Crippen MR) is 72.9 cm³/mol. The Hall–Kier alpha value is -2.21. The van der Waals surface area contributed by atoms with E-state index in [0.29, 0.717) is 5.56 Å². The maximum Gasteiger partial charge on any atom is 0.356 e. The van der Waals surface area contributed by atoms with Crippen molar-refractivity contribution in [2.45, 2.75) is 13.8 Å². The van der Waals surface area contributed by atoms with Crippen molar-refractivity contribution in [1.82, 2.24) is 4.98 Å². The molecule has 0 spiro atoms. The number of carbonyl (C=O) groups excluding carboxylic acids is 1. The lowest BCUT2D eigenvalue weighted by molar-refractivity contribution is 0.0692. The van der Waals surface area contributed by atoms with Crippen molar-refractivity contribution >= 4 is 28.9 Å². The van der Waals surface area contributed by atoms with Gasteiger partial charge in [0, 0.05) is 16.0 Å². The fourth-order valence-electron chi connectivity index (χ4n) is 1.72. The number of carboxylic acids is 1. The summed E-state index contributed by atoms with van der Waals surface area (Å²) in [5.74, 6) is -1.49. The normalized spacial score (nSPS) is 10.2. The van der Waals surface area contributed by atoms with Crippen molar-refractivity contribution in [3.05, 3.63) is 45.4 Å². The molecule has 6 heteroatoms. The number of nitrogens with one attached hydrogen (secondary N) is 1. The second kappa shape index (κ2) is 5.19. The molecule has 0 unspecified atom stereocenters. The summed E-state index contributed by atoms with van der Waals surface area (Å²) in [6.07, 6.45) is 1.37. The molecule has 2 heterocycles. The number of carbonyl (C=O) groups is 2. The van der Waals surface area contributed by atoms with Crippen LogP contribution in [0.4, 0.5) is 5.69 Å². The smallest absolute Gasteiger partial charge is 0.356 e. The van der Waals surface area contributed by atoms with Crippen LogP contribution in [0.3, 0.4) is 0 Å². The van der Waals surface area contributed by atoms with E-state index in [1.54, 1.807) is 12.1 Å². The third-order valence-corrected chi connectivity index (χ3v) is 3.51. The van der Waals surface area contributed by atoms with Gasteiger partial charge in [0.25, 0.3) is 5.91 Å². The summed E-state index contributed by atoms with van der Waals surface area (Å²) in [4.78, 5) is 28.8. The van der Waals surface area contributed by atoms with Crippen LogP contribution in [-0.4, -0.2) is 22.0 Å². The minimum Gasteiger partial charge on any atom is -0.476 e. The predicted octanol–water partition coefficient (Wildman–Crippen LogP) is 2.71. The topological polar surface area (TPSA) is 79.3 Å². The standard InChI is InChI=1S/C13H12N2O3S/c1-7-6-9(8(2)19-7)12(16)15-10-4-3-5-14-11(10)13(17)18/h3-6H,1-2H3,(H,15,16)(H,17,18). The molecule has 0 saturated carbocycles. The number of pyridine rings is 1. The number of hydrogen-bond donors (Lipinski definition) is 2. The molecule has 98 valence electrons. The van der Waals surface area contributed by atoms with Gasteiger partial charge >= 0.3 is 5.97 Å². The number of hydrogen-bond acceptors (Lipinski definition) is 4. The Kier molecular flexibility index (Phi) is 3.62. The molecular formula is C13H12N2O3S. The van der Waals surface area contributed by atoms with Crippen LogP contribution in [0.5, 0.6) is 0 Å². The first kappa shape index (κ1) is 13.2. The Bertz CT molecular complexity index is 649. The van der Waals surface area contributed by atoms with Crippen LogP contribution < -0.4 is 5.32 Å². The number of anilines is 1.